The molecular formula is C13H14F3N3O2. The van der Waals surface area contributed by atoms with Crippen molar-refractivity contribution in [3.05, 3.63) is 46.0 Å². The van der Waals surface area contributed by atoms with E-state index in [1.165, 1.54) is 0 Å². The summed E-state index contributed by atoms with van der Waals surface area (Å²) < 4.78 is 43.8. The van der Waals surface area contributed by atoms with E-state index in [0.717, 1.165) is 22.9 Å². The van der Waals surface area contributed by atoms with E-state index in [1.807, 2.05) is 13.8 Å². The Balaban J connectivity index is 2.23. The quantitative estimate of drug-likeness (QED) is 0.870. The molecule has 2 aromatic heterocycles. The summed E-state index contributed by atoms with van der Waals surface area (Å²) in [6.45, 7) is 3.78. The lowest BCUT2D eigenvalue weighted by atomic mass is 10.1. The van der Waals surface area contributed by atoms with E-state index >= 15 is 0 Å². The second kappa shape index (κ2) is 5.71. The van der Waals surface area contributed by atoms with Gasteiger partial charge < -0.3 is 9.09 Å². The van der Waals surface area contributed by atoms with Crippen molar-refractivity contribution in [3.63, 3.8) is 0 Å². The third-order valence-corrected chi connectivity index (χ3v) is 2.72. The van der Waals surface area contributed by atoms with Gasteiger partial charge in [-0.3, -0.25) is 4.79 Å². The highest BCUT2D eigenvalue weighted by molar-refractivity contribution is 5.14. The van der Waals surface area contributed by atoms with Gasteiger partial charge in [-0.15, -0.1) is 0 Å². The van der Waals surface area contributed by atoms with Crippen LogP contribution in [0.1, 0.15) is 31.1 Å². The van der Waals surface area contributed by atoms with Gasteiger partial charge in [-0.1, -0.05) is 19.0 Å². The van der Waals surface area contributed by atoms with Crippen molar-refractivity contribution in [1.29, 1.82) is 0 Å². The summed E-state index contributed by atoms with van der Waals surface area (Å²) in [7, 11) is 0. The van der Waals surface area contributed by atoms with E-state index < -0.39 is 17.3 Å². The van der Waals surface area contributed by atoms with Crippen molar-refractivity contribution in [1.82, 2.24) is 14.7 Å². The zero-order chi connectivity index (χ0) is 15.6. The number of alkyl halides is 3. The van der Waals surface area contributed by atoms with Gasteiger partial charge in [-0.2, -0.15) is 18.2 Å². The van der Waals surface area contributed by atoms with Gasteiger partial charge >= 0.3 is 6.18 Å². The SMILES string of the molecule is CC(C)Cc1nc(Cn2cc(C(F)(F)F)ccc2=O)no1. The number of rotatable bonds is 4. The maximum atomic E-state index is 12.6. The number of hydrogen-bond acceptors (Lipinski definition) is 4. The first-order valence-electron chi connectivity index (χ1n) is 6.35. The largest absolute Gasteiger partial charge is 0.417 e. The Morgan fingerprint density at radius 2 is 2.05 bits per heavy atom. The topological polar surface area (TPSA) is 60.9 Å². The molecule has 5 nitrogen and oxygen atoms in total. The summed E-state index contributed by atoms with van der Waals surface area (Å²) >= 11 is 0. The van der Waals surface area contributed by atoms with E-state index in [9.17, 15) is 18.0 Å². The lowest BCUT2D eigenvalue weighted by molar-refractivity contribution is -0.138. The second-order valence-electron chi connectivity index (χ2n) is 5.08. The highest BCUT2D eigenvalue weighted by Crippen LogP contribution is 2.28. The van der Waals surface area contributed by atoms with Gasteiger partial charge in [-0.05, 0) is 12.0 Å². The highest BCUT2D eigenvalue weighted by Gasteiger charge is 2.31. The molecule has 0 N–H and O–H groups in total. The summed E-state index contributed by atoms with van der Waals surface area (Å²) in [5.41, 5.74) is -1.45. The molecule has 0 bridgehead atoms. The Bertz CT molecular complexity index is 674. The predicted molar refractivity (Wildman–Crippen MR) is 67.6 cm³/mol. The molecule has 2 heterocycles. The van der Waals surface area contributed by atoms with Crippen LogP contribution in [-0.2, 0) is 19.1 Å². The highest BCUT2D eigenvalue weighted by atomic mass is 19.4. The smallest absolute Gasteiger partial charge is 0.339 e. The normalized spacial score (nSPS) is 12.1. The zero-order valence-electron chi connectivity index (χ0n) is 11.5. The molecule has 0 fully saturated rings. The van der Waals surface area contributed by atoms with E-state index in [0.29, 0.717) is 18.2 Å². The van der Waals surface area contributed by atoms with Gasteiger partial charge in [0.2, 0.25) is 5.89 Å². The molecule has 2 rings (SSSR count). The monoisotopic (exact) mass is 301 g/mol. The number of pyridine rings is 1. The molecule has 0 aliphatic rings. The van der Waals surface area contributed by atoms with Crippen molar-refractivity contribution in [3.8, 4) is 0 Å². The Labute approximate surface area is 118 Å². The molecule has 0 aliphatic heterocycles. The molecule has 0 amide bonds. The van der Waals surface area contributed by atoms with Crippen molar-refractivity contribution in [2.45, 2.75) is 33.0 Å². The average Bonchev–Trinajstić information content (AvgIpc) is 2.77. The summed E-state index contributed by atoms with van der Waals surface area (Å²) in [5.74, 6) is 0.890. The van der Waals surface area contributed by atoms with E-state index in [2.05, 4.69) is 10.1 Å². The number of nitrogens with zero attached hydrogens (tertiary/aromatic N) is 3. The van der Waals surface area contributed by atoms with Crippen LogP contribution in [0.2, 0.25) is 0 Å². The third-order valence-electron chi connectivity index (χ3n) is 2.72. The van der Waals surface area contributed by atoms with Crippen molar-refractivity contribution in [2.75, 3.05) is 0 Å². The molecule has 0 unspecified atom stereocenters. The molecular weight excluding hydrogens is 287 g/mol. The van der Waals surface area contributed by atoms with Crippen LogP contribution in [0.25, 0.3) is 0 Å². The molecule has 0 spiro atoms. The van der Waals surface area contributed by atoms with Crippen LogP contribution < -0.4 is 5.56 Å². The van der Waals surface area contributed by atoms with Gasteiger partial charge in [0.25, 0.3) is 5.56 Å². The fraction of sp³-hybridized carbons (Fsp3) is 0.462. The second-order valence-corrected chi connectivity index (χ2v) is 5.08. The Hall–Kier alpha value is -2.12. The van der Waals surface area contributed by atoms with Crippen LogP contribution >= 0.6 is 0 Å². The number of halogens is 3. The van der Waals surface area contributed by atoms with Crippen LogP contribution in [-0.4, -0.2) is 14.7 Å². The molecule has 0 saturated heterocycles. The first kappa shape index (κ1) is 15.3. The Morgan fingerprint density at radius 1 is 1.33 bits per heavy atom. The van der Waals surface area contributed by atoms with Gasteiger partial charge in [0.05, 0.1) is 12.1 Å². The van der Waals surface area contributed by atoms with E-state index in [-0.39, 0.29) is 12.4 Å². The fourth-order valence-corrected chi connectivity index (χ4v) is 1.76. The van der Waals surface area contributed by atoms with Crippen LogP contribution in [0, 0.1) is 5.92 Å². The predicted octanol–water partition coefficient (Wildman–Crippen LogP) is 2.50. The van der Waals surface area contributed by atoms with Crippen LogP contribution in [0.15, 0.2) is 27.6 Å². The molecule has 0 aliphatic carbocycles. The van der Waals surface area contributed by atoms with Gasteiger partial charge in [-0.25, -0.2) is 0 Å². The van der Waals surface area contributed by atoms with Gasteiger partial charge in [0, 0.05) is 18.7 Å². The van der Waals surface area contributed by atoms with Crippen LogP contribution in [0.5, 0.6) is 0 Å². The van der Waals surface area contributed by atoms with Crippen molar-refractivity contribution >= 4 is 0 Å². The Morgan fingerprint density at radius 3 is 2.67 bits per heavy atom. The van der Waals surface area contributed by atoms with E-state index in [4.69, 9.17) is 4.52 Å². The lowest BCUT2D eigenvalue weighted by Crippen LogP contribution is -2.22. The van der Waals surface area contributed by atoms with Crippen LogP contribution in [0.4, 0.5) is 13.2 Å². The van der Waals surface area contributed by atoms with E-state index in [1.54, 1.807) is 0 Å². The minimum Gasteiger partial charge on any atom is -0.339 e. The molecule has 0 atom stereocenters. The molecule has 2 aromatic rings. The van der Waals surface area contributed by atoms with Crippen molar-refractivity contribution in [2.24, 2.45) is 5.92 Å². The molecule has 114 valence electrons. The molecule has 0 radical (unpaired) electrons. The van der Waals surface area contributed by atoms with Crippen molar-refractivity contribution < 1.29 is 17.7 Å². The molecule has 21 heavy (non-hydrogen) atoms. The average molecular weight is 301 g/mol. The molecule has 0 aromatic carbocycles. The summed E-state index contributed by atoms with van der Waals surface area (Å²) in [6, 6.07) is 1.62. The summed E-state index contributed by atoms with van der Waals surface area (Å²) in [5, 5.41) is 3.67. The van der Waals surface area contributed by atoms with Crippen LogP contribution in [0.3, 0.4) is 0 Å². The summed E-state index contributed by atoms with van der Waals surface area (Å²) in [4.78, 5) is 15.7. The summed E-state index contributed by atoms with van der Waals surface area (Å²) in [6.07, 6.45) is -3.18. The maximum Gasteiger partial charge on any atom is 0.417 e. The van der Waals surface area contributed by atoms with Gasteiger partial charge in [0.15, 0.2) is 5.82 Å². The Kier molecular flexibility index (Phi) is 4.15. The lowest BCUT2D eigenvalue weighted by Gasteiger charge is -2.09. The number of aromatic nitrogens is 3. The molecule has 8 heteroatoms. The standard InChI is InChI=1S/C13H14F3N3O2/c1-8(2)5-11-17-10(18-21-11)7-19-6-9(13(14,15)16)3-4-12(19)20/h3-4,6,8H,5,7H2,1-2H3. The first-order chi connectivity index (χ1) is 9.75. The fourth-order valence-electron chi connectivity index (χ4n) is 1.76. The van der Waals surface area contributed by atoms with Gasteiger partial charge in [0.1, 0.15) is 0 Å². The minimum atomic E-state index is -4.50. The molecule has 0 saturated carbocycles. The zero-order valence-corrected chi connectivity index (χ0v) is 11.5. The number of hydrogen-bond donors (Lipinski definition) is 0. The maximum absolute atomic E-state index is 12.6. The third kappa shape index (κ3) is 3.93. The minimum absolute atomic E-state index is 0.162. The first-order valence-corrected chi connectivity index (χ1v) is 6.35.